The molecule has 96 valence electrons. The van der Waals surface area contributed by atoms with E-state index in [9.17, 15) is 8.78 Å². The van der Waals surface area contributed by atoms with Crippen molar-refractivity contribution in [1.29, 1.82) is 0 Å². The van der Waals surface area contributed by atoms with Gasteiger partial charge in [0.05, 0.1) is 0 Å². The minimum Gasteiger partial charge on any atom is -0.313 e. The first-order chi connectivity index (χ1) is 8.19. The lowest BCUT2D eigenvalue weighted by Crippen LogP contribution is -2.34. The van der Waals surface area contributed by atoms with Crippen LogP contribution in [-0.2, 0) is 6.42 Å². The maximum atomic E-state index is 13.5. The molecule has 1 N–H and O–H groups in total. The van der Waals surface area contributed by atoms with Gasteiger partial charge in [-0.05, 0) is 30.9 Å². The fourth-order valence-corrected chi connectivity index (χ4v) is 2.47. The summed E-state index contributed by atoms with van der Waals surface area (Å²) in [5.41, 5.74) is 0.190. The summed E-state index contributed by atoms with van der Waals surface area (Å²) >= 11 is 1.78. The van der Waals surface area contributed by atoms with E-state index in [2.05, 4.69) is 12.2 Å². The van der Waals surface area contributed by atoms with Crippen molar-refractivity contribution in [3.8, 4) is 0 Å². The van der Waals surface area contributed by atoms with Crippen molar-refractivity contribution in [2.75, 3.05) is 18.1 Å². The van der Waals surface area contributed by atoms with Crippen LogP contribution in [0.15, 0.2) is 18.2 Å². The average molecular weight is 259 g/mol. The number of thioether (sulfide) groups is 1. The molecule has 1 unspecified atom stereocenters. The minimum absolute atomic E-state index is 0.122. The molecule has 1 aromatic rings. The molecule has 1 aromatic carbocycles. The zero-order valence-corrected chi connectivity index (χ0v) is 11.1. The van der Waals surface area contributed by atoms with Gasteiger partial charge in [0.15, 0.2) is 0 Å². The molecule has 1 nitrogen and oxygen atoms in total. The number of benzene rings is 1. The van der Waals surface area contributed by atoms with Crippen LogP contribution in [-0.4, -0.2) is 24.1 Å². The molecule has 1 atom stereocenters. The van der Waals surface area contributed by atoms with Crippen molar-refractivity contribution in [3.05, 3.63) is 35.4 Å². The number of nitrogens with one attached hydrogen (secondary N) is 1. The van der Waals surface area contributed by atoms with Crippen molar-refractivity contribution in [3.63, 3.8) is 0 Å². The van der Waals surface area contributed by atoms with Crippen LogP contribution in [0.5, 0.6) is 0 Å². The first kappa shape index (κ1) is 14.5. The highest BCUT2D eigenvalue weighted by atomic mass is 32.2. The molecular formula is C13H19F2NS. The van der Waals surface area contributed by atoms with E-state index in [1.165, 1.54) is 18.2 Å². The Morgan fingerprint density at radius 3 is 2.41 bits per heavy atom. The van der Waals surface area contributed by atoms with E-state index < -0.39 is 11.6 Å². The number of likely N-dealkylation sites (N-methyl/N-ethyl adjacent to an activating group) is 1. The highest BCUT2D eigenvalue weighted by Crippen LogP contribution is 2.16. The molecule has 0 aliphatic carbocycles. The van der Waals surface area contributed by atoms with E-state index in [1.807, 2.05) is 6.92 Å². The van der Waals surface area contributed by atoms with Crippen LogP contribution in [0.3, 0.4) is 0 Å². The summed E-state index contributed by atoms with van der Waals surface area (Å²) in [6.45, 7) is 4.89. The van der Waals surface area contributed by atoms with Crippen molar-refractivity contribution in [2.45, 2.75) is 26.3 Å². The number of hydrogen-bond acceptors (Lipinski definition) is 2. The molecule has 0 radical (unpaired) electrons. The van der Waals surface area contributed by atoms with Crippen LogP contribution in [0.25, 0.3) is 0 Å². The highest BCUT2D eigenvalue weighted by molar-refractivity contribution is 7.99. The van der Waals surface area contributed by atoms with Gasteiger partial charge in [-0.2, -0.15) is 11.8 Å². The zero-order valence-electron chi connectivity index (χ0n) is 10.3. The summed E-state index contributed by atoms with van der Waals surface area (Å²) in [7, 11) is 0. The fraction of sp³-hybridized carbons (Fsp3) is 0.538. The van der Waals surface area contributed by atoms with Crippen LogP contribution in [0.2, 0.25) is 0 Å². The highest BCUT2D eigenvalue weighted by Gasteiger charge is 2.14. The summed E-state index contributed by atoms with van der Waals surface area (Å²) in [6, 6.07) is 4.15. The molecule has 0 saturated carbocycles. The van der Waals surface area contributed by atoms with Gasteiger partial charge in [-0.1, -0.05) is 19.9 Å². The Hall–Kier alpha value is -0.610. The maximum absolute atomic E-state index is 13.5. The first-order valence-electron chi connectivity index (χ1n) is 5.93. The Kier molecular flexibility index (Phi) is 6.52. The van der Waals surface area contributed by atoms with Gasteiger partial charge < -0.3 is 5.32 Å². The number of hydrogen-bond donors (Lipinski definition) is 1. The van der Waals surface area contributed by atoms with Crippen LogP contribution >= 0.6 is 11.8 Å². The van der Waals surface area contributed by atoms with Crippen molar-refractivity contribution in [1.82, 2.24) is 5.32 Å². The van der Waals surface area contributed by atoms with Gasteiger partial charge >= 0.3 is 0 Å². The quantitative estimate of drug-likeness (QED) is 0.807. The average Bonchev–Trinajstić information content (AvgIpc) is 2.31. The Morgan fingerprint density at radius 2 is 1.88 bits per heavy atom. The smallest absolute Gasteiger partial charge is 0.129 e. The van der Waals surface area contributed by atoms with Gasteiger partial charge in [-0.25, -0.2) is 8.78 Å². The van der Waals surface area contributed by atoms with Gasteiger partial charge in [0.1, 0.15) is 11.6 Å². The second-order valence-corrected chi connectivity index (χ2v) is 5.14. The Bertz CT molecular complexity index is 324. The summed E-state index contributed by atoms with van der Waals surface area (Å²) in [6.07, 6.45) is 0.402. The lowest BCUT2D eigenvalue weighted by atomic mass is 10.1. The van der Waals surface area contributed by atoms with Crippen LogP contribution in [0, 0.1) is 11.6 Å². The van der Waals surface area contributed by atoms with E-state index in [1.54, 1.807) is 11.8 Å². The van der Waals surface area contributed by atoms with E-state index in [4.69, 9.17) is 0 Å². The SMILES string of the molecule is CCNC(CSCC)Cc1c(F)cccc1F. The van der Waals surface area contributed by atoms with Crippen molar-refractivity contribution < 1.29 is 8.78 Å². The van der Waals surface area contributed by atoms with Crippen molar-refractivity contribution in [2.24, 2.45) is 0 Å². The zero-order chi connectivity index (χ0) is 12.7. The molecule has 0 aliphatic heterocycles. The number of halogens is 2. The van der Waals surface area contributed by atoms with Gasteiger partial charge in [-0.15, -0.1) is 0 Å². The summed E-state index contributed by atoms with van der Waals surface area (Å²) in [4.78, 5) is 0. The van der Waals surface area contributed by atoms with E-state index in [0.717, 1.165) is 18.1 Å². The van der Waals surface area contributed by atoms with Gasteiger partial charge in [0.2, 0.25) is 0 Å². The number of rotatable bonds is 7. The van der Waals surface area contributed by atoms with Crippen LogP contribution in [0.4, 0.5) is 8.78 Å². The van der Waals surface area contributed by atoms with E-state index >= 15 is 0 Å². The Balaban J connectivity index is 2.70. The normalized spacial score (nSPS) is 12.7. The standard InChI is InChI=1S/C13H19F2NS/c1-3-16-10(9-17-4-2)8-11-12(14)6-5-7-13(11)15/h5-7,10,16H,3-4,8-9H2,1-2H3. The summed E-state index contributed by atoms with van der Waals surface area (Å²) in [5.74, 6) is 0.989. The summed E-state index contributed by atoms with van der Waals surface area (Å²) < 4.78 is 27.0. The molecule has 0 bridgehead atoms. The molecule has 0 heterocycles. The third-order valence-corrected chi connectivity index (χ3v) is 3.57. The lowest BCUT2D eigenvalue weighted by molar-refractivity contribution is 0.511. The summed E-state index contributed by atoms with van der Waals surface area (Å²) in [5, 5.41) is 3.27. The molecule has 0 saturated heterocycles. The van der Waals surface area contributed by atoms with Gasteiger partial charge in [0.25, 0.3) is 0 Å². The molecule has 0 spiro atoms. The van der Waals surface area contributed by atoms with Gasteiger partial charge in [-0.3, -0.25) is 0 Å². The largest absolute Gasteiger partial charge is 0.313 e. The van der Waals surface area contributed by atoms with Crippen LogP contribution in [0.1, 0.15) is 19.4 Å². The predicted molar refractivity (Wildman–Crippen MR) is 70.5 cm³/mol. The molecule has 0 fully saturated rings. The van der Waals surface area contributed by atoms with Gasteiger partial charge in [0, 0.05) is 17.4 Å². The second kappa shape index (κ2) is 7.67. The second-order valence-electron chi connectivity index (χ2n) is 3.82. The molecular weight excluding hydrogens is 240 g/mol. The third kappa shape index (κ3) is 4.64. The first-order valence-corrected chi connectivity index (χ1v) is 7.08. The Labute approximate surface area is 106 Å². The van der Waals surface area contributed by atoms with Crippen LogP contribution < -0.4 is 5.32 Å². The molecule has 17 heavy (non-hydrogen) atoms. The monoisotopic (exact) mass is 259 g/mol. The molecule has 0 amide bonds. The lowest BCUT2D eigenvalue weighted by Gasteiger charge is -2.18. The maximum Gasteiger partial charge on any atom is 0.129 e. The van der Waals surface area contributed by atoms with E-state index in [0.29, 0.717) is 6.42 Å². The molecule has 4 heteroatoms. The third-order valence-electron chi connectivity index (χ3n) is 2.53. The topological polar surface area (TPSA) is 12.0 Å². The minimum atomic E-state index is -0.450. The van der Waals surface area contributed by atoms with Crippen molar-refractivity contribution >= 4 is 11.8 Å². The molecule has 1 rings (SSSR count). The van der Waals surface area contributed by atoms with E-state index in [-0.39, 0.29) is 11.6 Å². The molecule has 0 aliphatic rings. The fourth-order valence-electron chi connectivity index (χ4n) is 1.71. The Morgan fingerprint density at radius 1 is 1.24 bits per heavy atom. The molecule has 0 aromatic heterocycles. The predicted octanol–water partition coefficient (Wildman–Crippen LogP) is 3.24.